The van der Waals surface area contributed by atoms with Crippen LogP contribution in [-0.2, 0) is 4.79 Å². The molecule has 1 aromatic carbocycles. The maximum absolute atomic E-state index is 11.7. The van der Waals surface area contributed by atoms with Crippen molar-refractivity contribution in [3.63, 3.8) is 0 Å². The van der Waals surface area contributed by atoms with Crippen LogP contribution in [0.3, 0.4) is 0 Å². The van der Waals surface area contributed by atoms with E-state index in [2.05, 4.69) is 5.32 Å². The fourth-order valence-corrected chi connectivity index (χ4v) is 1.50. The van der Waals surface area contributed by atoms with Gasteiger partial charge in [-0.2, -0.15) is 0 Å². The van der Waals surface area contributed by atoms with E-state index in [1.807, 2.05) is 18.9 Å². The molecule has 0 aliphatic carbocycles. The summed E-state index contributed by atoms with van der Waals surface area (Å²) in [5.74, 6) is 0.511. The number of benzene rings is 1. The molecule has 0 saturated heterocycles. The number of hydrogen-bond donors (Lipinski definition) is 1. The number of amides is 1. The Morgan fingerprint density at radius 3 is 2.82 bits per heavy atom. The smallest absolute Gasteiger partial charge is 0.238 e. The predicted octanol–water partition coefficient (Wildman–Crippen LogP) is 2.24. The molecule has 0 aliphatic heterocycles. The summed E-state index contributed by atoms with van der Waals surface area (Å²) in [7, 11) is 3.44. The molecular formula is C12H17ClN2O2. The van der Waals surface area contributed by atoms with Crippen molar-refractivity contribution in [3.05, 3.63) is 23.2 Å². The van der Waals surface area contributed by atoms with Crippen LogP contribution in [0, 0.1) is 0 Å². The van der Waals surface area contributed by atoms with E-state index in [0.29, 0.717) is 23.0 Å². The van der Waals surface area contributed by atoms with Crippen molar-refractivity contribution in [2.24, 2.45) is 0 Å². The zero-order valence-electron chi connectivity index (χ0n) is 10.3. The number of methoxy groups -OCH3 is 1. The second-order valence-electron chi connectivity index (χ2n) is 3.72. The van der Waals surface area contributed by atoms with E-state index in [1.54, 1.807) is 25.3 Å². The summed E-state index contributed by atoms with van der Waals surface area (Å²) in [6.45, 7) is 3.15. The monoisotopic (exact) mass is 256 g/mol. The van der Waals surface area contributed by atoms with Crippen molar-refractivity contribution < 1.29 is 9.53 Å². The van der Waals surface area contributed by atoms with Gasteiger partial charge in [-0.05, 0) is 31.8 Å². The molecule has 0 aromatic heterocycles. The highest BCUT2D eigenvalue weighted by Crippen LogP contribution is 2.27. The van der Waals surface area contributed by atoms with Crippen LogP contribution in [0.15, 0.2) is 18.2 Å². The second kappa shape index (κ2) is 6.47. The third-order valence-electron chi connectivity index (χ3n) is 2.39. The molecule has 0 fully saturated rings. The predicted molar refractivity (Wildman–Crippen MR) is 69.8 cm³/mol. The summed E-state index contributed by atoms with van der Waals surface area (Å²) < 4.78 is 5.15. The number of nitrogens with zero attached hydrogens (tertiary/aromatic N) is 1. The Hall–Kier alpha value is -1.26. The number of carbonyl (C=O) groups is 1. The Kier molecular flexibility index (Phi) is 5.25. The molecule has 4 nitrogen and oxygen atoms in total. The van der Waals surface area contributed by atoms with Crippen molar-refractivity contribution in [3.8, 4) is 5.75 Å². The van der Waals surface area contributed by atoms with Gasteiger partial charge in [0.15, 0.2) is 0 Å². The summed E-state index contributed by atoms with van der Waals surface area (Å²) in [5, 5.41) is 3.34. The number of likely N-dealkylation sites (N-methyl/N-ethyl adjacent to an activating group) is 1. The molecule has 1 rings (SSSR count). The molecule has 17 heavy (non-hydrogen) atoms. The number of hydrogen-bond acceptors (Lipinski definition) is 3. The van der Waals surface area contributed by atoms with Crippen LogP contribution in [0.5, 0.6) is 5.75 Å². The zero-order chi connectivity index (χ0) is 12.8. The van der Waals surface area contributed by atoms with E-state index in [1.165, 1.54) is 0 Å². The maximum atomic E-state index is 11.7. The number of rotatable bonds is 5. The fourth-order valence-electron chi connectivity index (χ4n) is 1.32. The van der Waals surface area contributed by atoms with Gasteiger partial charge in [-0.1, -0.05) is 18.5 Å². The van der Waals surface area contributed by atoms with E-state index < -0.39 is 0 Å². The fraction of sp³-hybridized carbons (Fsp3) is 0.417. The molecule has 0 bridgehead atoms. The Morgan fingerprint density at radius 2 is 2.24 bits per heavy atom. The van der Waals surface area contributed by atoms with Crippen LogP contribution in [-0.4, -0.2) is 38.1 Å². The number of nitrogens with one attached hydrogen (secondary N) is 1. The van der Waals surface area contributed by atoms with E-state index in [9.17, 15) is 4.79 Å². The van der Waals surface area contributed by atoms with Gasteiger partial charge in [-0.25, -0.2) is 0 Å². The molecule has 5 heteroatoms. The van der Waals surface area contributed by atoms with Crippen LogP contribution in [0.25, 0.3) is 0 Å². The van der Waals surface area contributed by atoms with Crippen molar-refractivity contribution >= 4 is 23.2 Å². The highest BCUT2D eigenvalue weighted by molar-refractivity contribution is 6.31. The normalized spacial score (nSPS) is 10.4. The lowest BCUT2D eigenvalue weighted by Gasteiger charge is -2.15. The molecule has 0 radical (unpaired) electrons. The first kappa shape index (κ1) is 13.8. The molecular weight excluding hydrogens is 240 g/mol. The molecule has 94 valence electrons. The van der Waals surface area contributed by atoms with Crippen LogP contribution in [0.1, 0.15) is 6.92 Å². The van der Waals surface area contributed by atoms with Gasteiger partial charge >= 0.3 is 0 Å². The van der Waals surface area contributed by atoms with Crippen molar-refractivity contribution in [1.29, 1.82) is 0 Å². The quantitative estimate of drug-likeness (QED) is 0.879. The van der Waals surface area contributed by atoms with Gasteiger partial charge in [0, 0.05) is 5.02 Å². The van der Waals surface area contributed by atoms with Crippen LogP contribution >= 0.6 is 11.6 Å². The average Bonchev–Trinajstić information content (AvgIpc) is 2.29. The standard InChI is InChI=1S/C12H17ClN2O2/c1-4-15(2)8-12(16)14-10-7-9(13)5-6-11(10)17-3/h5-7H,4,8H2,1-3H3,(H,14,16). The minimum Gasteiger partial charge on any atom is -0.495 e. The summed E-state index contributed by atoms with van der Waals surface area (Å²) in [6.07, 6.45) is 0. The third kappa shape index (κ3) is 4.24. The van der Waals surface area contributed by atoms with Gasteiger partial charge in [-0.3, -0.25) is 9.69 Å². The average molecular weight is 257 g/mol. The number of ether oxygens (including phenoxy) is 1. The molecule has 0 saturated carbocycles. The number of halogens is 1. The van der Waals surface area contributed by atoms with Gasteiger partial charge in [0.25, 0.3) is 0 Å². The van der Waals surface area contributed by atoms with Crippen LogP contribution in [0.2, 0.25) is 5.02 Å². The summed E-state index contributed by atoms with van der Waals surface area (Å²) in [6, 6.07) is 5.11. The minimum atomic E-state index is -0.0880. The van der Waals surface area contributed by atoms with Gasteiger partial charge in [0.1, 0.15) is 5.75 Å². The first-order valence-electron chi connectivity index (χ1n) is 5.38. The maximum Gasteiger partial charge on any atom is 0.238 e. The van der Waals surface area contributed by atoms with E-state index in [-0.39, 0.29) is 5.91 Å². The largest absolute Gasteiger partial charge is 0.495 e. The second-order valence-corrected chi connectivity index (χ2v) is 4.16. The third-order valence-corrected chi connectivity index (χ3v) is 2.62. The van der Waals surface area contributed by atoms with Crippen LogP contribution < -0.4 is 10.1 Å². The first-order valence-corrected chi connectivity index (χ1v) is 5.76. The molecule has 0 unspecified atom stereocenters. The minimum absolute atomic E-state index is 0.0880. The zero-order valence-corrected chi connectivity index (χ0v) is 11.0. The van der Waals surface area contributed by atoms with Crippen molar-refractivity contribution in [2.75, 3.05) is 32.6 Å². The van der Waals surface area contributed by atoms with E-state index in [0.717, 1.165) is 6.54 Å². The highest BCUT2D eigenvalue weighted by Gasteiger charge is 2.09. The van der Waals surface area contributed by atoms with Gasteiger partial charge in [0.2, 0.25) is 5.91 Å². The summed E-state index contributed by atoms with van der Waals surface area (Å²) in [4.78, 5) is 13.6. The first-order chi connectivity index (χ1) is 8.06. The molecule has 0 spiro atoms. The molecule has 0 heterocycles. The molecule has 0 atom stereocenters. The number of carbonyl (C=O) groups excluding carboxylic acids is 1. The summed E-state index contributed by atoms with van der Waals surface area (Å²) >= 11 is 5.87. The lowest BCUT2D eigenvalue weighted by molar-refractivity contribution is -0.117. The van der Waals surface area contributed by atoms with E-state index in [4.69, 9.17) is 16.3 Å². The Balaban J connectivity index is 2.73. The Labute approximate surface area is 107 Å². The van der Waals surface area contributed by atoms with Gasteiger partial charge < -0.3 is 10.1 Å². The molecule has 1 aromatic rings. The lowest BCUT2D eigenvalue weighted by Crippen LogP contribution is -2.30. The Morgan fingerprint density at radius 1 is 1.53 bits per heavy atom. The topological polar surface area (TPSA) is 41.6 Å². The lowest BCUT2D eigenvalue weighted by atomic mass is 10.3. The number of anilines is 1. The van der Waals surface area contributed by atoms with Gasteiger partial charge in [-0.15, -0.1) is 0 Å². The summed E-state index contributed by atoms with van der Waals surface area (Å²) in [5.41, 5.74) is 0.592. The molecule has 0 aliphatic rings. The van der Waals surface area contributed by atoms with Crippen molar-refractivity contribution in [1.82, 2.24) is 4.90 Å². The molecule has 1 amide bonds. The van der Waals surface area contributed by atoms with Crippen LogP contribution in [0.4, 0.5) is 5.69 Å². The van der Waals surface area contributed by atoms with Gasteiger partial charge in [0.05, 0.1) is 19.3 Å². The van der Waals surface area contributed by atoms with Crippen molar-refractivity contribution in [2.45, 2.75) is 6.92 Å². The van der Waals surface area contributed by atoms with E-state index >= 15 is 0 Å². The molecule has 1 N–H and O–H groups in total. The highest BCUT2D eigenvalue weighted by atomic mass is 35.5. The Bertz CT molecular complexity index is 396. The SMILES string of the molecule is CCN(C)CC(=O)Nc1cc(Cl)ccc1OC.